The monoisotopic (exact) mass is 328 g/mol. The zero-order valence-electron chi connectivity index (χ0n) is 11.9. The summed E-state index contributed by atoms with van der Waals surface area (Å²) in [5.41, 5.74) is 1.11. The number of nitrogens with zero attached hydrogens (tertiary/aromatic N) is 1. The number of aryl methyl sites for hydroxylation is 1. The molecule has 1 heterocycles. The van der Waals surface area contributed by atoms with Gasteiger partial charge in [-0.1, -0.05) is 29.5 Å². The van der Waals surface area contributed by atoms with Gasteiger partial charge in [0.1, 0.15) is 5.75 Å². The van der Waals surface area contributed by atoms with Gasteiger partial charge in [-0.15, -0.1) is 0 Å². The lowest BCUT2D eigenvalue weighted by atomic mass is 10.2. The summed E-state index contributed by atoms with van der Waals surface area (Å²) in [4.78, 5) is 13.4. The Morgan fingerprint density at radius 3 is 2.57 bits per heavy atom. The third kappa shape index (κ3) is 3.17. The topological polar surface area (TPSA) is 79.5 Å². The number of rotatable bonds is 5. The maximum Gasteiger partial charge on any atom is 0.305 e. The highest BCUT2D eigenvalue weighted by Crippen LogP contribution is 2.24. The Hall–Kier alpha value is -1.64. The molecular formula is C13H16N2O4S2. The number of nitrogens with one attached hydrogen (secondary N) is 1. The van der Waals surface area contributed by atoms with Gasteiger partial charge >= 0.3 is 4.87 Å². The maximum absolute atomic E-state index is 12.5. The molecule has 2 aromatic rings. The molecule has 0 aliphatic rings. The van der Waals surface area contributed by atoms with Crippen LogP contribution >= 0.6 is 11.3 Å². The second-order valence-electron chi connectivity index (χ2n) is 4.50. The van der Waals surface area contributed by atoms with Crippen LogP contribution in [0.1, 0.15) is 11.3 Å². The second kappa shape index (κ2) is 6.00. The number of hydrogen-bond acceptors (Lipinski definition) is 5. The Kier molecular flexibility index (Phi) is 4.50. The van der Waals surface area contributed by atoms with Crippen LogP contribution in [0.2, 0.25) is 0 Å². The first-order valence-corrected chi connectivity index (χ1v) is 8.40. The van der Waals surface area contributed by atoms with Crippen LogP contribution in [0.15, 0.2) is 33.3 Å². The fraction of sp³-hybridized carbons (Fsp3) is 0.308. The van der Waals surface area contributed by atoms with Crippen LogP contribution in [0.5, 0.6) is 5.75 Å². The summed E-state index contributed by atoms with van der Waals surface area (Å²) in [5, 5.41) is 0. The standard InChI is InChI=1S/C13H16N2O4S2/c1-9-12(20-13(16)14-9)21(17,18)15(2)8-10-6-4-5-7-11(10)19-3/h4-7H,8H2,1-3H3,(H,14,16). The normalized spacial score (nSPS) is 11.8. The number of thiazole rings is 1. The molecular weight excluding hydrogens is 312 g/mol. The first-order chi connectivity index (χ1) is 9.86. The lowest BCUT2D eigenvalue weighted by Crippen LogP contribution is -2.26. The van der Waals surface area contributed by atoms with E-state index in [-0.39, 0.29) is 15.6 Å². The van der Waals surface area contributed by atoms with Gasteiger partial charge in [-0.25, -0.2) is 8.42 Å². The van der Waals surface area contributed by atoms with E-state index in [2.05, 4.69) is 4.98 Å². The van der Waals surface area contributed by atoms with E-state index in [1.54, 1.807) is 19.1 Å². The highest BCUT2D eigenvalue weighted by Gasteiger charge is 2.26. The number of ether oxygens (including phenoxy) is 1. The molecule has 1 aromatic heterocycles. The Balaban J connectivity index is 2.33. The molecule has 0 unspecified atom stereocenters. The van der Waals surface area contributed by atoms with Crippen molar-refractivity contribution in [2.45, 2.75) is 17.7 Å². The van der Waals surface area contributed by atoms with Gasteiger partial charge in [-0.05, 0) is 13.0 Å². The lowest BCUT2D eigenvalue weighted by Gasteiger charge is -2.18. The summed E-state index contributed by atoms with van der Waals surface area (Å²) in [6.07, 6.45) is 0. The van der Waals surface area contributed by atoms with Gasteiger partial charge in [0.2, 0.25) is 0 Å². The molecule has 8 heteroatoms. The van der Waals surface area contributed by atoms with Crippen molar-refractivity contribution in [1.29, 1.82) is 0 Å². The van der Waals surface area contributed by atoms with Crippen molar-refractivity contribution in [3.05, 3.63) is 45.2 Å². The predicted molar refractivity (Wildman–Crippen MR) is 81.3 cm³/mol. The van der Waals surface area contributed by atoms with Crippen LogP contribution in [0.25, 0.3) is 0 Å². The van der Waals surface area contributed by atoms with E-state index in [4.69, 9.17) is 4.74 Å². The highest BCUT2D eigenvalue weighted by molar-refractivity contribution is 7.91. The van der Waals surface area contributed by atoms with E-state index < -0.39 is 10.0 Å². The Morgan fingerprint density at radius 1 is 1.33 bits per heavy atom. The summed E-state index contributed by atoms with van der Waals surface area (Å²) >= 11 is 0.698. The number of aromatic nitrogens is 1. The molecule has 0 fully saturated rings. The largest absolute Gasteiger partial charge is 0.496 e. The summed E-state index contributed by atoms with van der Waals surface area (Å²) in [7, 11) is -0.692. The van der Waals surface area contributed by atoms with Crippen molar-refractivity contribution in [2.24, 2.45) is 0 Å². The SMILES string of the molecule is COc1ccccc1CN(C)S(=O)(=O)c1sc(=O)[nH]c1C. The Morgan fingerprint density at radius 2 is 2.00 bits per heavy atom. The summed E-state index contributed by atoms with van der Waals surface area (Å²) in [6.45, 7) is 1.74. The molecule has 1 N–H and O–H groups in total. The average molecular weight is 328 g/mol. The summed E-state index contributed by atoms with van der Waals surface area (Å²) in [6, 6.07) is 7.21. The molecule has 0 spiro atoms. The number of H-pyrrole nitrogens is 1. The molecule has 0 bridgehead atoms. The van der Waals surface area contributed by atoms with Crippen molar-refractivity contribution in [2.75, 3.05) is 14.2 Å². The molecule has 0 saturated carbocycles. The van der Waals surface area contributed by atoms with E-state index in [9.17, 15) is 13.2 Å². The fourth-order valence-electron chi connectivity index (χ4n) is 1.94. The molecule has 21 heavy (non-hydrogen) atoms. The number of aromatic amines is 1. The molecule has 0 amide bonds. The molecule has 6 nitrogen and oxygen atoms in total. The summed E-state index contributed by atoms with van der Waals surface area (Å²) in [5.74, 6) is 0.624. The molecule has 1 aromatic carbocycles. The number of benzene rings is 1. The predicted octanol–water partition coefficient (Wildman–Crippen LogP) is 1.57. The number of methoxy groups -OCH3 is 1. The second-order valence-corrected chi connectivity index (χ2v) is 7.72. The molecule has 0 radical (unpaired) electrons. The number of hydrogen-bond donors (Lipinski definition) is 1. The third-order valence-electron chi connectivity index (χ3n) is 3.01. The van der Waals surface area contributed by atoms with Gasteiger partial charge in [-0.2, -0.15) is 4.31 Å². The lowest BCUT2D eigenvalue weighted by molar-refractivity contribution is 0.398. The molecule has 0 aliphatic carbocycles. The van der Waals surface area contributed by atoms with Crippen molar-refractivity contribution in [3.8, 4) is 5.75 Å². The minimum Gasteiger partial charge on any atom is -0.496 e. The smallest absolute Gasteiger partial charge is 0.305 e. The van der Waals surface area contributed by atoms with E-state index in [1.807, 2.05) is 12.1 Å². The highest BCUT2D eigenvalue weighted by atomic mass is 32.2. The van der Waals surface area contributed by atoms with Crippen LogP contribution in [-0.4, -0.2) is 31.9 Å². The number of sulfonamides is 1. The van der Waals surface area contributed by atoms with Crippen molar-refractivity contribution in [1.82, 2.24) is 9.29 Å². The van der Waals surface area contributed by atoms with Crippen LogP contribution in [0, 0.1) is 6.92 Å². The maximum atomic E-state index is 12.5. The van der Waals surface area contributed by atoms with E-state index in [1.165, 1.54) is 18.5 Å². The molecule has 0 aliphatic heterocycles. The average Bonchev–Trinajstić information content (AvgIpc) is 2.79. The van der Waals surface area contributed by atoms with Crippen molar-refractivity contribution < 1.29 is 13.2 Å². The summed E-state index contributed by atoms with van der Waals surface area (Å²) < 4.78 is 31.5. The van der Waals surface area contributed by atoms with Gasteiger partial charge in [0, 0.05) is 24.8 Å². The van der Waals surface area contributed by atoms with Gasteiger partial charge in [0.25, 0.3) is 10.0 Å². The molecule has 2 rings (SSSR count). The third-order valence-corrected chi connectivity index (χ3v) is 6.40. The van der Waals surface area contributed by atoms with Crippen LogP contribution < -0.4 is 9.61 Å². The van der Waals surface area contributed by atoms with Gasteiger partial charge in [0.15, 0.2) is 4.21 Å². The van der Waals surface area contributed by atoms with Crippen LogP contribution in [0.4, 0.5) is 0 Å². The van der Waals surface area contributed by atoms with Crippen LogP contribution in [0.3, 0.4) is 0 Å². The zero-order valence-corrected chi connectivity index (χ0v) is 13.5. The van der Waals surface area contributed by atoms with Gasteiger partial charge < -0.3 is 9.72 Å². The number of para-hydroxylation sites is 1. The van der Waals surface area contributed by atoms with Crippen molar-refractivity contribution in [3.63, 3.8) is 0 Å². The molecule has 0 saturated heterocycles. The Labute approximate surface area is 127 Å². The van der Waals surface area contributed by atoms with Gasteiger partial charge in [-0.3, -0.25) is 4.79 Å². The molecule has 0 atom stereocenters. The zero-order chi connectivity index (χ0) is 15.6. The quantitative estimate of drug-likeness (QED) is 0.903. The van der Waals surface area contributed by atoms with Crippen LogP contribution in [-0.2, 0) is 16.6 Å². The van der Waals surface area contributed by atoms with E-state index in [0.717, 1.165) is 5.56 Å². The fourth-order valence-corrected chi connectivity index (χ4v) is 4.57. The molecule has 114 valence electrons. The van der Waals surface area contributed by atoms with Gasteiger partial charge in [0.05, 0.1) is 7.11 Å². The minimum absolute atomic E-state index is 0.0462. The minimum atomic E-state index is -3.71. The first-order valence-electron chi connectivity index (χ1n) is 6.14. The van der Waals surface area contributed by atoms with Crippen molar-refractivity contribution >= 4 is 21.4 Å². The first kappa shape index (κ1) is 15.7. The Bertz CT molecular complexity index is 792. The van der Waals surface area contributed by atoms with E-state index >= 15 is 0 Å². The van der Waals surface area contributed by atoms with E-state index in [0.29, 0.717) is 22.8 Å².